The second-order valence-electron chi connectivity index (χ2n) is 9.24. The topological polar surface area (TPSA) is 108 Å². The maximum atomic E-state index is 13.3. The number of carbonyl (C=O) groups is 4. The number of hydrogen-bond acceptors (Lipinski definition) is 4. The average Bonchev–Trinajstić information content (AvgIpc) is 3.11. The fourth-order valence-corrected chi connectivity index (χ4v) is 4.59. The summed E-state index contributed by atoms with van der Waals surface area (Å²) in [6, 6.07) is -0.467. The number of urea groups is 1. The van der Waals surface area contributed by atoms with E-state index in [4.69, 9.17) is 0 Å². The van der Waals surface area contributed by atoms with Gasteiger partial charge in [0.2, 0.25) is 11.8 Å². The van der Waals surface area contributed by atoms with Gasteiger partial charge in [-0.2, -0.15) is 0 Å². The molecule has 0 radical (unpaired) electrons. The minimum absolute atomic E-state index is 0.0173. The zero-order chi connectivity index (χ0) is 19.9. The molecule has 1 spiro atoms. The van der Waals surface area contributed by atoms with Crippen LogP contribution >= 0.6 is 0 Å². The molecule has 3 rings (SSSR count). The fraction of sp³-hybridized carbons (Fsp3) is 0.789. The van der Waals surface area contributed by atoms with Gasteiger partial charge in [-0.25, -0.2) is 4.79 Å². The smallest absolute Gasteiger partial charge is 0.322 e. The molecule has 0 bridgehead atoms. The highest BCUT2D eigenvalue weighted by Crippen LogP contribution is 2.43. The molecule has 3 N–H and O–H groups in total. The van der Waals surface area contributed by atoms with Gasteiger partial charge in [0.25, 0.3) is 5.91 Å². The summed E-state index contributed by atoms with van der Waals surface area (Å²) >= 11 is 0. The van der Waals surface area contributed by atoms with Crippen LogP contribution in [0.4, 0.5) is 4.79 Å². The maximum Gasteiger partial charge on any atom is 0.322 e. The quantitative estimate of drug-likeness (QED) is 0.638. The molecule has 8 nitrogen and oxygen atoms in total. The number of carbonyl (C=O) groups excluding carboxylic acids is 4. The van der Waals surface area contributed by atoms with Crippen LogP contribution in [0.2, 0.25) is 0 Å². The first-order valence-corrected chi connectivity index (χ1v) is 9.79. The lowest BCUT2D eigenvalue weighted by atomic mass is 9.79. The Morgan fingerprint density at radius 1 is 1.07 bits per heavy atom. The third-order valence-electron chi connectivity index (χ3n) is 5.95. The number of piperidine rings is 1. The van der Waals surface area contributed by atoms with Crippen molar-refractivity contribution in [2.75, 3.05) is 13.1 Å². The Morgan fingerprint density at radius 2 is 1.67 bits per heavy atom. The maximum absolute atomic E-state index is 13.3. The molecular weight excluding hydrogens is 348 g/mol. The molecule has 3 fully saturated rings. The lowest BCUT2D eigenvalue weighted by molar-refractivity contribution is -0.148. The zero-order valence-corrected chi connectivity index (χ0v) is 16.4. The lowest BCUT2D eigenvalue weighted by Gasteiger charge is -2.41. The van der Waals surface area contributed by atoms with Crippen molar-refractivity contribution in [2.45, 2.75) is 76.8 Å². The van der Waals surface area contributed by atoms with Gasteiger partial charge in [0.05, 0.1) is 5.41 Å². The molecule has 8 heteroatoms. The highest BCUT2D eigenvalue weighted by atomic mass is 16.2. The average molecular weight is 378 g/mol. The Bertz CT molecular complexity index is 653. The van der Waals surface area contributed by atoms with E-state index < -0.39 is 17.0 Å². The lowest BCUT2D eigenvalue weighted by Crippen LogP contribution is -2.58. The van der Waals surface area contributed by atoms with Gasteiger partial charge in [-0.1, -0.05) is 12.8 Å². The summed E-state index contributed by atoms with van der Waals surface area (Å²) < 4.78 is 0. The van der Waals surface area contributed by atoms with E-state index in [1.165, 1.54) is 0 Å². The van der Waals surface area contributed by atoms with Crippen LogP contribution in [-0.2, 0) is 14.4 Å². The van der Waals surface area contributed by atoms with Crippen molar-refractivity contribution in [1.82, 2.24) is 20.9 Å². The van der Waals surface area contributed by atoms with Gasteiger partial charge in [0, 0.05) is 25.0 Å². The molecule has 3 aliphatic rings. The summed E-state index contributed by atoms with van der Waals surface area (Å²) in [6.07, 6.45) is 4.36. The van der Waals surface area contributed by atoms with Crippen LogP contribution in [0.1, 0.15) is 65.7 Å². The van der Waals surface area contributed by atoms with Gasteiger partial charge in [-0.15, -0.1) is 0 Å². The minimum Gasteiger partial charge on any atom is -0.351 e. The summed E-state index contributed by atoms with van der Waals surface area (Å²) in [5, 5.41) is 7.97. The van der Waals surface area contributed by atoms with Gasteiger partial charge in [0.1, 0.15) is 5.54 Å². The second kappa shape index (κ2) is 6.80. The van der Waals surface area contributed by atoms with E-state index in [0.29, 0.717) is 25.9 Å². The van der Waals surface area contributed by atoms with Crippen molar-refractivity contribution in [3.8, 4) is 0 Å². The summed E-state index contributed by atoms with van der Waals surface area (Å²) in [5.41, 5.74) is -1.85. The van der Waals surface area contributed by atoms with E-state index in [9.17, 15) is 19.2 Å². The van der Waals surface area contributed by atoms with Crippen molar-refractivity contribution >= 4 is 23.8 Å². The first kappa shape index (κ1) is 19.6. The zero-order valence-electron chi connectivity index (χ0n) is 16.4. The van der Waals surface area contributed by atoms with Crippen LogP contribution in [0.15, 0.2) is 0 Å². The van der Waals surface area contributed by atoms with Gasteiger partial charge in [0.15, 0.2) is 0 Å². The normalized spacial score (nSPS) is 23.9. The fourth-order valence-electron chi connectivity index (χ4n) is 4.59. The molecule has 0 atom stereocenters. The number of amides is 5. The molecule has 27 heavy (non-hydrogen) atoms. The number of imide groups is 1. The molecule has 2 saturated heterocycles. The first-order chi connectivity index (χ1) is 12.6. The van der Waals surface area contributed by atoms with Gasteiger partial charge in [-0.3, -0.25) is 19.7 Å². The molecule has 2 aliphatic heterocycles. The van der Waals surface area contributed by atoms with Crippen LogP contribution < -0.4 is 16.0 Å². The minimum atomic E-state index is -0.889. The molecule has 150 valence electrons. The molecule has 0 aromatic heterocycles. The Hall–Kier alpha value is -2.12. The number of nitrogens with one attached hydrogen (secondary N) is 3. The monoisotopic (exact) mass is 378 g/mol. The van der Waals surface area contributed by atoms with E-state index in [0.717, 1.165) is 25.7 Å². The van der Waals surface area contributed by atoms with Crippen molar-refractivity contribution < 1.29 is 19.2 Å². The van der Waals surface area contributed by atoms with Crippen molar-refractivity contribution in [1.29, 1.82) is 0 Å². The van der Waals surface area contributed by atoms with Crippen LogP contribution in [0, 0.1) is 5.41 Å². The number of nitrogens with zero attached hydrogens (tertiary/aromatic N) is 1. The van der Waals surface area contributed by atoms with Crippen molar-refractivity contribution in [3.05, 3.63) is 0 Å². The summed E-state index contributed by atoms with van der Waals surface area (Å²) in [6.45, 7) is 6.61. The first-order valence-electron chi connectivity index (χ1n) is 9.79. The molecule has 0 aromatic rings. The standard InChI is InChI=1S/C19H30N4O4/c1-17(2,3)21-13(24)12-18(6-4-5-7-18)15(26)23-10-8-19(9-11-23)14(25)20-16(27)22-19/h4-12H2,1-3H3,(H,21,24)(H2,20,22,25,27). The number of hydrogen-bond donors (Lipinski definition) is 3. The van der Waals surface area contributed by atoms with Crippen molar-refractivity contribution in [2.24, 2.45) is 5.41 Å². The summed E-state index contributed by atoms with van der Waals surface area (Å²) in [5.74, 6) is -0.378. The van der Waals surface area contributed by atoms with Crippen LogP contribution in [-0.4, -0.2) is 52.8 Å². The number of rotatable bonds is 3. The van der Waals surface area contributed by atoms with E-state index in [-0.39, 0.29) is 29.7 Å². The van der Waals surface area contributed by atoms with Crippen LogP contribution in [0.25, 0.3) is 0 Å². The Labute approximate surface area is 159 Å². The predicted molar refractivity (Wildman–Crippen MR) is 98.6 cm³/mol. The van der Waals surface area contributed by atoms with E-state index in [1.807, 2.05) is 20.8 Å². The molecule has 1 saturated carbocycles. The summed E-state index contributed by atoms with van der Waals surface area (Å²) in [4.78, 5) is 51.2. The highest BCUT2D eigenvalue weighted by Gasteiger charge is 2.51. The van der Waals surface area contributed by atoms with Gasteiger partial charge < -0.3 is 15.5 Å². The molecule has 0 aromatic carbocycles. The predicted octanol–water partition coefficient (Wildman–Crippen LogP) is 1.05. The molecule has 1 aliphatic carbocycles. The Morgan fingerprint density at radius 3 is 2.15 bits per heavy atom. The van der Waals surface area contributed by atoms with Crippen molar-refractivity contribution in [3.63, 3.8) is 0 Å². The van der Waals surface area contributed by atoms with Crippen LogP contribution in [0.3, 0.4) is 0 Å². The SMILES string of the molecule is CC(C)(C)NC(=O)CC1(C(=O)N2CCC3(CC2)NC(=O)NC3=O)CCCC1. The highest BCUT2D eigenvalue weighted by molar-refractivity contribution is 6.07. The second-order valence-corrected chi connectivity index (χ2v) is 9.24. The Balaban J connectivity index is 1.67. The summed E-state index contributed by atoms with van der Waals surface area (Å²) in [7, 11) is 0. The van der Waals surface area contributed by atoms with E-state index in [2.05, 4.69) is 16.0 Å². The molecular formula is C19H30N4O4. The van der Waals surface area contributed by atoms with E-state index in [1.54, 1.807) is 4.90 Å². The molecule has 2 heterocycles. The van der Waals surface area contributed by atoms with Gasteiger partial charge in [-0.05, 0) is 46.5 Å². The third kappa shape index (κ3) is 3.94. The molecule has 5 amide bonds. The molecule has 0 unspecified atom stereocenters. The van der Waals surface area contributed by atoms with Crippen LogP contribution in [0.5, 0.6) is 0 Å². The van der Waals surface area contributed by atoms with E-state index >= 15 is 0 Å². The van der Waals surface area contributed by atoms with Gasteiger partial charge >= 0.3 is 6.03 Å². The largest absolute Gasteiger partial charge is 0.351 e. The Kier molecular flexibility index (Phi) is 4.94. The third-order valence-corrected chi connectivity index (χ3v) is 5.95. The number of likely N-dealkylation sites (tertiary alicyclic amines) is 1.